The predicted molar refractivity (Wildman–Crippen MR) is 89.5 cm³/mol. The Labute approximate surface area is 143 Å². The molecule has 122 valence electrons. The largest absolute Gasteiger partial charge is 0.497 e. The van der Waals surface area contributed by atoms with E-state index in [9.17, 15) is 4.79 Å². The van der Waals surface area contributed by atoms with E-state index in [4.69, 9.17) is 18.9 Å². The lowest BCUT2D eigenvalue weighted by atomic mass is 10.2. The molecule has 0 bridgehead atoms. The van der Waals surface area contributed by atoms with E-state index in [1.807, 2.05) is 24.3 Å². The van der Waals surface area contributed by atoms with Crippen LogP contribution in [0.5, 0.6) is 17.2 Å². The number of benzene rings is 2. The molecule has 0 spiro atoms. The molecule has 0 aliphatic carbocycles. The van der Waals surface area contributed by atoms with Crippen LogP contribution in [0.4, 0.5) is 0 Å². The number of halogens is 1. The van der Waals surface area contributed by atoms with Gasteiger partial charge in [-0.05, 0) is 36.4 Å². The van der Waals surface area contributed by atoms with Gasteiger partial charge < -0.3 is 18.9 Å². The summed E-state index contributed by atoms with van der Waals surface area (Å²) in [6.45, 7) is 0.389. The first kappa shape index (κ1) is 17.1. The Morgan fingerprint density at radius 3 is 2.52 bits per heavy atom. The number of hydrogen-bond acceptors (Lipinski definition) is 5. The fourth-order valence-electron chi connectivity index (χ4n) is 1.90. The van der Waals surface area contributed by atoms with Crippen LogP contribution in [-0.2, 0) is 4.74 Å². The lowest BCUT2D eigenvalue weighted by Crippen LogP contribution is -2.13. The second kappa shape index (κ2) is 8.43. The minimum Gasteiger partial charge on any atom is -0.497 e. The van der Waals surface area contributed by atoms with Gasteiger partial charge in [-0.2, -0.15) is 0 Å². The van der Waals surface area contributed by atoms with E-state index < -0.39 is 5.97 Å². The van der Waals surface area contributed by atoms with E-state index in [1.165, 1.54) is 14.2 Å². The first-order valence-electron chi connectivity index (χ1n) is 6.91. The Kier molecular flexibility index (Phi) is 6.29. The lowest BCUT2D eigenvalue weighted by Gasteiger charge is -2.11. The Morgan fingerprint density at radius 1 is 1.00 bits per heavy atom. The highest BCUT2D eigenvalue weighted by Gasteiger charge is 2.15. The summed E-state index contributed by atoms with van der Waals surface area (Å²) in [5.41, 5.74) is 0.314. The van der Waals surface area contributed by atoms with Crippen molar-refractivity contribution in [3.63, 3.8) is 0 Å². The van der Waals surface area contributed by atoms with Gasteiger partial charge >= 0.3 is 5.97 Å². The van der Waals surface area contributed by atoms with Crippen LogP contribution < -0.4 is 14.2 Å². The second-order valence-corrected chi connectivity index (χ2v) is 5.42. The van der Waals surface area contributed by atoms with Crippen molar-refractivity contribution in [3.05, 3.63) is 52.5 Å². The number of methoxy groups -OCH3 is 2. The van der Waals surface area contributed by atoms with E-state index in [2.05, 4.69) is 15.9 Å². The van der Waals surface area contributed by atoms with E-state index in [-0.39, 0.29) is 13.2 Å². The van der Waals surface area contributed by atoms with Crippen molar-refractivity contribution < 1.29 is 23.7 Å². The molecule has 0 aromatic heterocycles. The van der Waals surface area contributed by atoms with Gasteiger partial charge in [0.1, 0.15) is 36.0 Å². The number of carbonyl (C=O) groups is 1. The average Bonchev–Trinajstić information content (AvgIpc) is 2.58. The third-order valence-corrected chi connectivity index (χ3v) is 3.50. The first-order valence-corrected chi connectivity index (χ1v) is 7.71. The topological polar surface area (TPSA) is 54.0 Å². The standard InChI is InChI=1S/C17H17BrO5/c1-20-13-6-7-16(21-2)15(11-13)17(19)23-9-8-22-14-5-3-4-12(18)10-14/h3-7,10-11H,8-9H2,1-2H3. The molecule has 23 heavy (non-hydrogen) atoms. The minimum absolute atomic E-state index is 0.131. The highest BCUT2D eigenvalue weighted by molar-refractivity contribution is 9.10. The summed E-state index contributed by atoms with van der Waals surface area (Å²) in [6.07, 6.45) is 0. The quantitative estimate of drug-likeness (QED) is 0.541. The van der Waals surface area contributed by atoms with Crippen LogP contribution in [0.25, 0.3) is 0 Å². The Bertz CT molecular complexity index is 672. The predicted octanol–water partition coefficient (Wildman–Crippen LogP) is 3.70. The molecule has 0 unspecified atom stereocenters. The molecule has 5 nitrogen and oxygen atoms in total. The maximum Gasteiger partial charge on any atom is 0.342 e. The molecule has 0 radical (unpaired) electrons. The number of esters is 1. The van der Waals surface area contributed by atoms with Gasteiger partial charge in [0.05, 0.1) is 14.2 Å². The molecule has 0 fully saturated rings. The molecular weight excluding hydrogens is 364 g/mol. The molecule has 0 aliphatic rings. The minimum atomic E-state index is -0.487. The monoisotopic (exact) mass is 380 g/mol. The van der Waals surface area contributed by atoms with Crippen molar-refractivity contribution >= 4 is 21.9 Å². The maximum absolute atomic E-state index is 12.1. The normalized spacial score (nSPS) is 10.0. The highest BCUT2D eigenvalue weighted by Crippen LogP contribution is 2.24. The van der Waals surface area contributed by atoms with Gasteiger partial charge in [0.15, 0.2) is 0 Å². The summed E-state index contributed by atoms with van der Waals surface area (Å²) in [5, 5.41) is 0. The van der Waals surface area contributed by atoms with Gasteiger partial charge in [-0.1, -0.05) is 22.0 Å². The van der Waals surface area contributed by atoms with Gasteiger partial charge in [0.2, 0.25) is 0 Å². The third-order valence-electron chi connectivity index (χ3n) is 3.01. The highest BCUT2D eigenvalue weighted by atomic mass is 79.9. The third kappa shape index (κ3) is 4.89. The zero-order valence-corrected chi connectivity index (χ0v) is 14.5. The molecule has 2 aromatic rings. The summed E-state index contributed by atoms with van der Waals surface area (Å²) in [5.74, 6) is 1.21. The summed E-state index contributed by atoms with van der Waals surface area (Å²) in [6, 6.07) is 12.4. The van der Waals surface area contributed by atoms with Gasteiger partial charge in [-0.25, -0.2) is 4.79 Å². The Hall–Kier alpha value is -2.21. The molecule has 0 saturated heterocycles. The van der Waals surface area contributed by atoms with Gasteiger partial charge in [0, 0.05) is 4.47 Å². The Morgan fingerprint density at radius 2 is 1.83 bits per heavy atom. The average molecular weight is 381 g/mol. The first-order chi connectivity index (χ1) is 11.1. The van der Waals surface area contributed by atoms with E-state index in [0.717, 1.165) is 4.47 Å². The SMILES string of the molecule is COc1ccc(OC)c(C(=O)OCCOc2cccc(Br)c2)c1. The van der Waals surface area contributed by atoms with Crippen molar-refractivity contribution in [3.8, 4) is 17.2 Å². The van der Waals surface area contributed by atoms with Crippen molar-refractivity contribution in [1.29, 1.82) is 0 Å². The number of ether oxygens (including phenoxy) is 4. The molecule has 0 N–H and O–H groups in total. The molecule has 0 amide bonds. The molecular formula is C17H17BrO5. The molecule has 6 heteroatoms. The van der Waals surface area contributed by atoms with Crippen molar-refractivity contribution in [2.75, 3.05) is 27.4 Å². The summed E-state index contributed by atoms with van der Waals surface area (Å²) in [4.78, 5) is 12.1. The molecule has 0 saturated carbocycles. The van der Waals surface area contributed by atoms with E-state index in [0.29, 0.717) is 22.8 Å². The fourth-order valence-corrected chi connectivity index (χ4v) is 2.28. The van der Waals surface area contributed by atoms with Crippen LogP contribution in [0.15, 0.2) is 46.9 Å². The van der Waals surface area contributed by atoms with Crippen molar-refractivity contribution in [2.24, 2.45) is 0 Å². The number of rotatable bonds is 7. The van der Waals surface area contributed by atoms with Crippen molar-refractivity contribution in [2.45, 2.75) is 0 Å². The number of carbonyl (C=O) groups excluding carboxylic acids is 1. The smallest absolute Gasteiger partial charge is 0.342 e. The molecule has 0 heterocycles. The molecule has 2 aromatic carbocycles. The zero-order chi connectivity index (χ0) is 16.7. The lowest BCUT2D eigenvalue weighted by molar-refractivity contribution is 0.0446. The molecule has 0 atom stereocenters. The van der Waals surface area contributed by atoms with Crippen LogP contribution in [0.1, 0.15) is 10.4 Å². The van der Waals surface area contributed by atoms with Crippen LogP contribution in [0.2, 0.25) is 0 Å². The van der Waals surface area contributed by atoms with E-state index in [1.54, 1.807) is 18.2 Å². The van der Waals surface area contributed by atoms with Crippen LogP contribution in [0, 0.1) is 0 Å². The Balaban J connectivity index is 1.89. The van der Waals surface area contributed by atoms with Crippen LogP contribution >= 0.6 is 15.9 Å². The van der Waals surface area contributed by atoms with Gasteiger partial charge in [-0.3, -0.25) is 0 Å². The summed E-state index contributed by atoms with van der Waals surface area (Å²) < 4.78 is 21.9. The van der Waals surface area contributed by atoms with Gasteiger partial charge in [0.25, 0.3) is 0 Å². The number of hydrogen-bond donors (Lipinski definition) is 0. The maximum atomic E-state index is 12.1. The molecule has 0 aliphatic heterocycles. The van der Waals surface area contributed by atoms with Crippen LogP contribution in [-0.4, -0.2) is 33.4 Å². The second-order valence-electron chi connectivity index (χ2n) is 4.51. The van der Waals surface area contributed by atoms with Crippen LogP contribution in [0.3, 0.4) is 0 Å². The van der Waals surface area contributed by atoms with E-state index >= 15 is 0 Å². The van der Waals surface area contributed by atoms with Gasteiger partial charge in [-0.15, -0.1) is 0 Å². The molecule has 2 rings (SSSR count). The summed E-state index contributed by atoms with van der Waals surface area (Å²) >= 11 is 3.36. The zero-order valence-electron chi connectivity index (χ0n) is 12.9. The fraction of sp³-hybridized carbons (Fsp3) is 0.235. The summed E-state index contributed by atoms with van der Waals surface area (Å²) in [7, 11) is 3.03. The van der Waals surface area contributed by atoms with Crippen molar-refractivity contribution in [1.82, 2.24) is 0 Å².